The molecule has 2 rings (SSSR count). The first kappa shape index (κ1) is 21.2. The zero-order valence-electron chi connectivity index (χ0n) is 15.9. The van der Waals surface area contributed by atoms with Crippen LogP contribution in [0.1, 0.15) is 25.8 Å². The van der Waals surface area contributed by atoms with Gasteiger partial charge in [-0.15, -0.1) is 0 Å². The summed E-state index contributed by atoms with van der Waals surface area (Å²) in [5.74, 6) is -0.160. The number of rotatable bonds is 6. The number of aryl methyl sites for hydroxylation is 1. The van der Waals surface area contributed by atoms with Gasteiger partial charge < -0.3 is 15.3 Å². The lowest BCUT2D eigenvalue weighted by molar-refractivity contribution is -0.134. The first-order chi connectivity index (χ1) is 12.6. The molecular formula is C18H27N3O5S. The fourth-order valence-electron chi connectivity index (χ4n) is 3.07. The number of nitrogens with one attached hydrogen (secondary N) is 1. The number of nitrogens with zero attached hydrogens (tertiary/aromatic N) is 2. The second-order valence-corrected chi connectivity index (χ2v) is 9.11. The topological polar surface area (TPSA) is 107 Å². The van der Waals surface area contributed by atoms with E-state index < -0.39 is 22.2 Å². The molecule has 1 aromatic rings. The van der Waals surface area contributed by atoms with E-state index in [1.807, 2.05) is 20.8 Å². The minimum absolute atomic E-state index is 0.147. The van der Waals surface area contributed by atoms with Gasteiger partial charge in [0, 0.05) is 26.2 Å². The Balaban J connectivity index is 2.03. The lowest BCUT2D eigenvalue weighted by Gasteiger charge is -2.36. The van der Waals surface area contributed by atoms with Crippen molar-refractivity contribution in [3.63, 3.8) is 0 Å². The Bertz CT molecular complexity index is 769. The Morgan fingerprint density at radius 2 is 1.67 bits per heavy atom. The van der Waals surface area contributed by atoms with E-state index in [0.29, 0.717) is 6.42 Å². The predicted molar refractivity (Wildman–Crippen MR) is 101 cm³/mol. The average Bonchev–Trinajstić information content (AvgIpc) is 2.60. The number of hydrogen-bond acceptors (Lipinski definition) is 4. The molecule has 0 aromatic heterocycles. The van der Waals surface area contributed by atoms with Crippen LogP contribution in [-0.2, 0) is 14.8 Å². The molecule has 2 amide bonds. The summed E-state index contributed by atoms with van der Waals surface area (Å²) in [5.41, 5.74) is 0.978. The molecule has 8 nitrogen and oxygen atoms in total. The quantitative estimate of drug-likeness (QED) is 0.757. The van der Waals surface area contributed by atoms with Crippen molar-refractivity contribution < 1.29 is 23.1 Å². The highest BCUT2D eigenvalue weighted by atomic mass is 32.2. The fraction of sp³-hybridized carbons (Fsp3) is 0.556. The maximum atomic E-state index is 12.7. The molecule has 1 unspecified atom stereocenters. The van der Waals surface area contributed by atoms with Crippen molar-refractivity contribution in [1.82, 2.24) is 14.5 Å². The molecule has 1 aliphatic rings. The molecule has 1 fully saturated rings. The van der Waals surface area contributed by atoms with Crippen LogP contribution in [0.4, 0.5) is 4.79 Å². The summed E-state index contributed by atoms with van der Waals surface area (Å²) in [6.45, 7) is 6.55. The zero-order valence-corrected chi connectivity index (χ0v) is 16.7. The molecule has 0 spiro atoms. The van der Waals surface area contributed by atoms with Crippen LogP contribution in [0, 0.1) is 12.8 Å². The fourth-order valence-corrected chi connectivity index (χ4v) is 4.49. The van der Waals surface area contributed by atoms with Crippen LogP contribution < -0.4 is 5.32 Å². The van der Waals surface area contributed by atoms with Gasteiger partial charge >= 0.3 is 6.09 Å². The first-order valence-electron chi connectivity index (χ1n) is 8.96. The Morgan fingerprint density at radius 3 is 2.15 bits per heavy atom. The number of piperazine rings is 1. The molecule has 150 valence electrons. The number of carbonyl (C=O) groups is 2. The highest BCUT2D eigenvalue weighted by Gasteiger charge is 2.33. The van der Waals surface area contributed by atoms with Gasteiger partial charge in [-0.3, -0.25) is 4.79 Å². The standard InChI is InChI=1S/C18H27N3O5S/c1-13(2)12-16(19-18(23)24)17(22)20-8-10-21(11-9-20)27(25,26)15-6-4-14(3)5-7-15/h4-7,13,16,19H,8-12H2,1-3H3,(H,23,24). The SMILES string of the molecule is Cc1ccc(S(=O)(=O)N2CCN(C(=O)C(CC(C)C)NC(=O)O)CC2)cc1. The molecule has 27 heavy (non-hydrogen) atoms. The van der Waals surface area contributed by atoms with Crippen LogP contribution in [0.3, 0.4) is 0 Å². The molecule has 1 atom stereocenters. The summed E-state index contributed by atoms with van der Waals surface area (Å²) >= 11 is 0. The highest BCUT2D eigenvalue weighted by Crippen LogP contribution is 2.19. The Kier molecular flexibility index (Phi) is 6.83. The van der Waals surface area contributed by atoms with Crippen molar-refractivity contribution in [3.8, 4) is 0 Å². The van der Waals surface area contributed by atoms with Gasteiger partial charge in [-0.25, -0.2) is 13.2 Å². The Hall–Kier alpha value is -2.13. The normalized spacial score (nSPS) is 17.0. The van der Waals surface area contributed by atoms with Crippen LogP contribution in [0.25, 0.3) is 0 Å². The minimum Gasteiger partial charge on any atom is -0.465 e. The number of carboxylic acid groups (broad SMARTS) is 1. The minimum atomic E-state index is -3.60. The van der Waals surface area contributed by atoms with E-state index in [4.69, 9.17) is 5.11 Å². The van der Waals surface area contributed by atoms with Crippen LogP contribution in [0.5, 0.6) is 0 Å². The van der Waals surface area contributed by atoms with Crippen molar-refractivity contribution in [2.45, 2.75) is 38.1 Å². The van der Waals surface area contributed by atoms with E-state index in [1.165, 1.54) is 9.21 Å². The molecule has 1 aliphatic heterocycles. The summed E-state index contributed by atoms with van der Waals surface area (Å²) in [4.78, 5) is 25.4. The molecule has 1 saturated heterocycles. The predicted octanol–water partition coefficient (Wildman–Crippen LogP) is 1.51. The van der Waals surface area contributed by atoms with Gasteiger partial charge in [-0.05, 0) is 31.4 Å². The van der Waals surface area contributed by atoms with E-state index in [-0.39, 0.29) is 42.9 Å². The van der Waals surface area contributed by atoms with Gasteiger partial charge in [-0.2, -0.15) is 4.31 Å². The van der Waals surface area contributed by atoms with Crippen LogP contribution in [0.2, 0.25) is 0 Å². The maximum Gasteiger partial charge on any atom is 0.405 e. The Morgan fingerprint density at radius 1 is 1.11 bits per heavy atom. The third-order valence-corrected chi connectivity index (χ3v) is 6.42. The van der Waals surface area contributed by atoms with Gasteiger partial charge in [0.1, 0.15) is 6.04 Å². The second-order valence-electron chi connectivity index (χ2n) is 7.17. The van der Waals surface area contributed by atoms with Gasteiger partial charge in [0.2, 0.25) is 15.9 Å². The maximum absolute atomic E-state index is 12.7. The number of hydrogen-bond donors (Lipinski definition) is 2. The lowest BCUT2D eigenvalue weighted by Crippen LogP contribution is -2.55. The number of amides is 2. The van der Waals surface area contributed by atoms with Gasteiger partial charge in [0.05, 0.1) is 4.90 Å². The number of sulfonamides is 1. The Labute approximate surface area is 160 Å². The van der Waals surface area contributed by atoms with E-state index in [9.17, 15) is 18.0 Å². The van der Waals surface area contributed by atoms with Crippen LogP contribution >= 0.6 is 0 Å². The summed E-state index contributed by atoms with van der Waals surface area (Å²) in [6.07, 6.45) is -0.845. The molecule has 0 bridgehead atoms. The molecule has 0 aliphatic carbocycles. The molecule has 1 heterocycles. The zero-order chi connectivity index (χ0) is 20.2. The lowest BCUT2D eigenvalue weighted by atomic mass is 10.0. The average molecular weight is 397 g/mol. The molecule has 0 saturated carbocycles. The molecular weight excluding hydrogens is 370 g/mol. The van der Waals surface area contributed by atoms with Crippen molar-refractivity contribution in [2.24, 2.45) is 5.92 Å². The monoisotopic (exact) mass is 397 g/mol. The smallest absolute Gasteiger partial charge is 0.405 e. The molecule has 0 radical (unpaired) electrons. The third-order valence-electron chi connectivity index (χ3n) is 4.51. The van der Waals surface area contributed by atoms with Gasteiger partial charge in [0.15, 0.2) is 0 Å². The van der Waals surface area contributed by atoms with Gasteiger partial charge in [-0.1, -0.05) is 31.5 Å². The second kappa shape index (κ2) is 8.71. The van der Waals surface area contributed by atoms with Crippen molar-refractivity contribution in [1.29, 1.82) is 0 Å². The summed E-state index contributed by atoms with van der Waals surface area (Å²) < 4.78 is 26.8. The number of benzene rings is 1. The van der Waals surface area contributed by atoms with Gasteiger partial charge in [0.25, 0.3) is 0 Å². The van der Waals surface area contributed by atoms with E-state index in [2.05, 4.69) is 5.32 Å². The van der Waals surface area contributed by atoms with Crippen LogP contribution in [0.15, 0.2) is 29.2 Å². The summed E-state index contributed by atoms with van der Waals surface area (Å²) in [5, 5.41) is 11.2. The van der Waals surface area contributed by atoms with Crippen molar-refractivity contribution in [2.75, 3.05) is 26.2 Å². The largest absolute Gasteiger partial charge is 0.465 e. The van der Waals surface area contributed by atoms with Crippen LogP contribution in [-0.4, -0.2) is 67.0 Å². The van der Waals surface area contributed by atoms with E-state index >= 15 is 0 Å². The van der Waals surface area contributed by atoms with Crippen molar-refractivity contribution in [3.05, 3.63) is 29.8 Å². The summed E-state index contributed by atoms with van der Waals surface area (Å²) in [6, 6.07) is 5.85. The molecule has 2 N–H and O–H groups in total. The van der Waals surface area contributed by atoms with Crippen molar-refractivity contribution >= 4 is 22.0 Å². The first-order valence-corrected chi connectivity index (χ1v) is 10.4. The molecule has 1 aromatic carbocycles. The third kappa shape index (κ3) is 5.43. The van der Waals surface area contributed by atoms with E-state index in [1.54, 1.807) is 24.3 Å². The highest BCUT2D eigenvalue weighted by molar-refractivity contribution is 7.89. The van der Waals surface area contributed by atoms with E-state index in [0.717, 1.165) is 5.56 Å². The molecule has 9 heteroatoms. The summed E-state index contributed by atoms with van der Waals surface area (Å²) in [7, 11) is -3.60. The number of carbonyl (C=O) groups excluding carboxylic acids is 1.